The van der Waals surface area contributed by atoms with Gasteiger partial charge in [0.05, 0.1) is 5.69 Å². The van der Waals surface area contributed by atoms with Gasteiger partial charge in [0.25, 0.3) is 0 Å². The number of hydrogen-bond acceptors (Lipinski definition) is 2. The van der Waals surface area contributed by atoms with Crippen molar-refractivity contribution in [3.8, 4) is 0 Å². The molecule has 18 heavy (non-hydrogen) atoms. The van der Waals surface area contributed by atoms with Crippen LogP contribution in [0.25, 0.3) is 0 Å². The summed E-state index contributed by atoms with van der Waals surface area (Å²) in [6.07, 6.45) is -5.15. The van der Waals surface area contributed by atoms with Crippen LogP contribution >= 0.6 is 0 Å². The topological polar surface area (TPSA) is 46.2 Å². The number of hydrogen-bond donors (Lipinski definition) is 1. The Morgan fingerprint density at radius 2 is 1.78 bits per heavy atom. The third kappa shape index (κ3) is 3.06. The molecular formula is C11H9F4NO2. The molecular weight excluding hydrogens is 254 g/mol. The monoisotopic (exact) mass is 263 g/mol. The van der Waals surface area contributed by atoms with Crippen LogP contribution < -0.4 is 5.32 Å². The molecule has 1 rings (SSSR count). The van der Waals surface area contributed by atoms with Crippen LogP contribution in [0, 0.1) is 12.7 Å². The lowest BCUT2D eigenvalue weighted by Gasteiger charge is -2.12. The van der Waals surface area contributed by atoms with Crippen molar-refractivity contribution >= 4 is 17.4 Å². The zero-order valence-electron chi connectivity index (χ0n) is 9.48. The van der Waals surface area contributed by atoms with E-state index < -0.39 is 29.4 Å². The molecule has 1 N–H and O–H groups in total. The molecule has 0 aliphatic carbocycles. The fourth-order valence-corrected chi connectivity index (χ4v) is 1.33. The number of benzene rings is 1. The van der Waals surface area contributed by atoms with Gasteiger partial charge in [-0.15, -0.1) is 0 Å². The summed E-state index contributed by atoms with van der Waals surface area (Å²) >= 11 is 0. The minimum atomic E-state index is -5.15. The quantitative estimate of drug-likeness (QED) is 0.658. The number of rotatable bonds is 2. The van der Waals surface area contributed by atoms with Gasteiger partial charge in [-0.05, 0) is 31.5 Å². The van der Waals surface area contributed by atoms with Gasteiger partial charge in [-0.2, -0.15) is 13.2 Å². The van der Waals surface area contributed by atoms with Crippen LogP contribution in [-0.4, -0.2) is 17.9 Å². The lowest BCUT2D eigenvalue weighted by molar-refractivity contribution is -0.167. The summed E-state index contributed by atoms with van der Waals surface area (Å²) in [6, 6.07) is 2.13. The molecule has 0 aliphatic heterocycles. The van der Waals surface area contributed by atoms with E-state index in [1.807, 2.05) is 0 Å². The van der Waals surface area contributed by atoms with Gasteiger partial charge in [-0.3, -0.25) is 9.59 Å². The fourth-order valence-electron chi connectivity index (χ4n) is 1.33. The van der Waals surface area contributed by atoms with Crippen LogP contribution in [0.15, 0.2) is 12.1 Å². The lowest BCUT2D eigenvalue weighted by Crippen LogP contribution is -2.31. The third-order valence-corrected chi connectivity index (χ3v) is 2.11. The Labute approximate surface area is 99.8 Å². The molecule has 0 saturated heterocycles. The summed E-state index contributed by atoms with van der Waals surface area (Å²) in [5.74, 6) is -4.05. The normalized spacial score (nSPS) is 11.2. The molecule has 0 unspecified atom stereocenters. The third-order valence-electron chi connectivity index (χ3n) is 2.11. The number of amides is 1. The molecule has 0 heterocycles. The van der Waals surface area contributed by atoms with Gasteiger partial charge in [0.1, 0.15) is 5.82 Å². The van der Waals surface area contributed by atoms with Gasteiger partial charge < -0.3 is 5.32 Å². The number of halogens is 4. The average Bonchev–Trinajstić information content (AvgIpc) is 2.19. The van der Waals surface area contributed by atoms with Crippen LogP contribution in [0.3, 0.4) is 0 Å². The molecule has 1 amide bonds. The maximum absolute atomic E-state index is 13.5. The summed E-state index contributed by atoms with van der Waals surface area (Å²) in [7, 11) is 0. The minimum absolute atomic E-state index is 0.301. The maximum Gasteiger partial charge on any atom is 0.471 e. The predicted molar refractivity (Wildman–Crippen MR) is 55.8 cm³/mol. The molecule has 0 atom stereocenters. The molecule has 1 aromatic rings. The lowest BCUT2D eigenvalue weighted by atomic mass is 10.1. The highest BCUT2D eigenvalue weighted by Gasteiger charge is 2.39. The van der Waals surface area contributed by atoms with E-state index >= 15 is 0 Å². The van der Waals surface area contributed by atoms with Gasteiger partial charge in [-0.25, -0.2) is 4.39 Å². The van der Waals surface area contributed by atoms with Crippen molar-refractivity contribution in [2.75, 3.05) is 5.32 Å². The van der Waals surface area contributed by atoms with Crippen molar-refractivity contribution in [3.05, 3.63) is 29.1 Å². The highest BCUT2D eigenvalue weighted by molar-refractivity contribution is 6.05. The minimum Gasteiger partial charge on any atom is -0.315 e. The number of carbonyl (C=O) groups is 2. The molecule has 0 fully saturated rings. The van der Waals surface area contributed by atoms with Gasteiger partial charge in [0.15, 0.2) is 5.78 Å². The Bertz CT molecular complexity index is 509. The Morgan fingerprint density at radius 1 is 1.22 bits per heavy atom. The van der Waals surface area contributed by atoms with Crippen LogP contribution in [0.5, 0.6) is 0 Å². The van der Waals surface area contributed by atoms with Gasteiger partial charge in [0.2, 0.25) is 0 Å². The molecule has 0 saturated carbocycles. The van der Waals surface area contributed by atoms with E-state index in [0.29, 0.717) is 5.56 Å². The van der Waals surface area contributed by atoms with E-state index in [-0.39, 0.29) is 5.56 Å². The molecule has 1 aromatic carbocycles. The highest BCUT2D eigenvalue weighted by Crippen LogP contribution is 2.25. The maximum atomic E-state index is 13.5. The summed E-state index contributed by atoms with van der Waals surface area (Å²) in [4.78, 5) is 21.9. The molecule has 7 heteroatoms. The van der Waals surface area contributed by atoms with E-state index in [2.05, 4.69) is 0 Å². The summed E-state index contributed by atoms with van der Waals surface area (Å²) < 4.78 is 49.7. The molecule has 0 spiro atoms. The van der Waals surface area contributed by atoms with Crippen LogP contribution in [0.4, 0.5) is 23.2 Å². The van der Waals surface area contributed by atoms with Crippen molar-refractivity contribution in [1.82, 2.24) is 0 Å². The average molecular weight is 263 g/mol. The Morgan fingerprint density at radius 3 is 2.22 bits per heavy atom. The smallest absolute Gasteiger partial charge is 0.315 e. The number of ketones is 1. The second-order valence-electron chi connectivity index (χ2n) is 3.68. The van der Waals surface area contributed by atoms with E-state index in [0.717, 1.165) is 13.0 Å². The Hall–Kier alpha value is -1.92. The number of anilines is 1. The second-order valence-corrected chi connectivity index (χ2v) is 3.68. The summed E-state index contributed by atoms with van der Waals surface area (Å²) in [5, 5.41) is 1.37. The molecule has 3 nitrogen and oxygen atoms in total. The van der Waals surface area contributed by atoms with Crippen molar-refractivity contribution < 1.29 is 27.2 Å². The number of carbonyl (C=O) groups excluding carboxylic acids is 2. The Balaban J connectivity index is 3.24. The first-order valence-corrected chi connectivity index (χ1v) is 4.82. The first-order valence-electron chi connectivity index (χ1n) is 4.82. The largest absolute Gasteiger partial charge is 0.471 e. The number of aryl methyl sites for hydroxylation is 1. The summed E-state index contributed by atoms with van der Waals surface area (Å²) in [6.45, 7) is 2.54. The van der Waals surface area contributed by atoms with Crippen LogP contribution in [0.2, 0.25) is 0 Å². The van der Waals surface area contributed by atoms with Crippen LogP contribution in [0.1, 0.15) is 22.8 Å². The number of alkyl halides is 3. The second kappa shape index (κ2) is 4.75. The molecule has 0 aliphatic rings. The van der Waals surface area contributed by atoms with E-state index in [1.165, 1.54) is 18.3 Å². The van der Waals surface area contributed by atoms with Crippen molar-refractivity contribution in [3.63, 3.8) is 0 Å². The van der Waals surface area contributed by atoms with E-state index in [9.17, 15) is 27.2 Å². The van der Waals surface area contributed by atoms with Crippen molar-refractivity contribution in [1.29, 1.82) is 0 Å². The fraction of sp³-hybridized carbons (Fsp3) is 0.273. The predicted octanol–water partition coefficient (Wildman–Crippen LogP) is 2.84. The number of Topliss-reactive ketones (excluding diaryl/α,β-unsaturated/α-hetero) is 1. The first-order chi connectivity index (χ1) is 8.12. The zero-order valence-corrected chi connectivity index (χ0v) is 9.48. The highest BCUT2D eigenvalue weighted by atomic mass is 19.4. The SMILES string of the molecule is CC(=O)c1cc(C)cc(F)c1NC(=O)C(F)(F)F. The summed E-state index contributed by atoms with van der Waals surface area (Å²) in [5.41, 5.74) is -0.691. The van der Waals surface area contributed by atoms with Gasteiger partial charge in [0, 0.05) is 5.56 Å². The van der Waals surface area contributed by atoms with E-state index in [1.54, 1.807) is 0 Å². The zero-order chi connectivity index (χ0) is 14.1. The molecule has 0 radical (unpaired) electrons. The van der Waals surface area contributed by atoms with Gasteiger partial charge in [-0.1, -0.05) is 0 Å². The van der Waals surface area contributed by atoms with Crippen molar-refractivity contribution in [2.24, 2.45) is 0 Å². The van der Waals surface area contributed by atoms with E-state index in [4.69, 9.17) is 0 Å². The standard InChI is InChI=1S/C11H9F4NO2/c1-5-3-7(6(2)17)9(8(12)4-5)16-10(18)11(13,14)15/h3-4H,1-2H3,(H,16,18). The van der Waals surface area contributed by atoms with Gasteiger partial charge >= 0.3 is 12.1 Å². The molecule has 0 bridgehead atoms. The van der Waals surface area contributed by atoms with Crippen LogP contribution in [-0.2, 0) is 4.79 Å². The first kappa shape index (κ1) is 14.1. The Kier molecular flexibility index (Phi) is 3.73. The van der Waals surface area contributed by atoms with Crippen molar-refractivity contribution in [2.45, 2.75) is 20.0 Å². The molecule has 0 aromatic heterocycles. The molecule has 98 valence electrons. The number of nitrogens with one attached hydrogen (secondary N) is 1.